The third kappa shape index (κ3) is 4.53. The molecule has 5 rings (SSSR count). The van der Waals surface area contributed by atoms with Crippen LogP contribution in [-0.4, -0.2) is 98.1 Å². The summed E-state index contributed by atoms with van der Waals surface area (Å²) in [6, 6.07) is -0.753. The number of benzene rings is 1. The van der Waals surface area contributed by atoms with Crippen molar-refractivity contribution in [2.45, 2.75) is 88.0 Å². The van der Waals surface area contributed by atoms with Gasteiger partial charge in [-0.3, -0.25) is 14.4 Å². The van der Waals surface area contributed by atoms with Gasteiger partial charge in [0.15, 0.2) is 17.9 Å². The number of ether oxygens (including phenoxy) is 3. The van der Waals surface area contributed by atoms with E-state index in [2.05, 4.69) is 5.32 Å². The van der Waals surface area contributed by atoms with Gasteiger partial charge in [-0.2, -0.15) is 0 Å². The highest BCUT2D eigenvalue weighted by Gasteiger charge is 2.52. The van der Waals surface area contributed by atoms with Crippen LogP contribution >= 0.6 is 0 Å². The van der Waals surface area contributed by atoms with Gasteiger partial charge in [0.1, 0.15) is 23.4 Å². The fourth-order valence-corrected chi connectivity index (χ4v) is 6.25. The molecule has 7 N–H and O–H groups in total. The van der Waals surface area contributed by atoms with E-state index < -0.39 is 89.1 Å². The number of aliphatic hydroxyl groups is 4. The Balaban J connectivity index is 1.63. The third-order valence-corrected chi connectivity index (χ3v) is 8.53. The molecular formula is C28H33NO12. The lowest BCUT2D eigenvalue weighted by atomic mass is 9.68. The van der Waals surface area contributed by atoms with Gasteiger partial charge in [0.05, 0.1) is 59.9 Å². The number of aromatic hydroxyl groups is 2. The first kappa shape index (κ1) is 29.2. The first-order valence-corrected chi connectivity index (χ1v) is 13.3. The minimum Gasteiger partial charge on any atom is -0.507 e. The largest absolute Gasteiger partial charge is 0.507 e. The lowest BCUT2D eigenvalue weighted by Crippen LogP contribution is -2.56. The number of aliphatic hydroxyl groups excluding tert-OH is 3. The molecule has 41 heavy (non-hydrogen) atoms. The van der Waals surface area contributed by atoms with Gasteiger partial charge in [-0.1, -0.05) is 0 Å². The first-order chi connectivity index (χ1) is 19.3. The van der Waals surface area contributed by atoms with Crippen molar-refractivity contribution in [3.8, 4) is 11.5 Å². The van der Waals surface area contributed by atoms with Crippen molar-refractivity contribution in [2.24, 2.45) is 0 Å². The Bertz CT molecular complexity index is 1370. The first-order valence-electron chi connectivity index (χ1n) is 13.3. The second-order valence-electron chi connectivity index (χ2n) is 11.0. The van der Waals surface area contributed by atoms with Gasteiger partial charge in [-0.15, -0.1) is 0 Å². The van der Waals surface area contributed by atoms with E-state index in [-0.39, 0.29) is 47.3 Å². The summed E-state index contributed by atoms with van der Waals surface area (Å²) in [4.78, 5) is 39.1. The molecule has 1 aliphatic heterocycles. The predicted octanol–water partition coefficient (Wildman–Crippen LogP) is 0.0991. The molecular weight excluding hydrogens is 542 g/mol. The maximum Gasteiger partial charge on any atom is 0.207 e. The molecule has 222 valence electrons. The minimum atomic E-state index is -1.92. The van der Waals surface area contributed by atoms with Gasteiger partial charge in [0.2, 0.25) is 6.41 Å². The molecule has 1 amide bonds. The van der Waals surface area contributed by atoms with Gasteiger partial charge < -0.3 is 50.2 Å². The zero-order valence-electron chi connectivity index (χ0n) is 22.7. The molecule has 8 atom stereocenters. The van der Waals surface area contributed by atoms with Gasteiger partial charge in [0, 0.05) is 36.0 Å². The van der Waals surface area contributed by atoms with Crippen LogP contribution in [0.5, 0.6) is 11.5 Å². The second kappa shape index (κ2) is 10.5. The highest BCUT2D eigenvalue weighted by atomic mass is 16.7. The van der Waals surface area contributed by atoms with Gasteiger partial charge in [0.25, 0.3) is 0 Å². The predicted molar refractivity (Wildman–Crippen MR) is 139 cm³/mol. The van der Waals surface area contributed by atoms with E-state index >= 15 is 0 Å². The number of amides is 1. The number of phenolic OH excluding ortho intramolecular Hbond substituents is 2. The molecule has 13 heteroatoms. The Morgan fingerprint density at radius 3 is 2.46 bits per heavy atom. The molecule has 13 nitrogen and oxygen atoms in total. The normalized spacial score (nSPS) is 33.8. The molecule has 6 unspecified atom stereocenters. The van der Waals surface area contributed by atoms with Crippen LogP contribution in [0, 0.1) is 0 Å². The van der Waals surface area contributed by atoms with Gasteiger partial charge in [-0.25, -0.2) is 0 Å². The Morgan fingerprint density at radius 1 is 1.15 bits per heavy atom. The van der Waals surface area contributed by atoms with Crippen LogP contribution in [-0.2, 0) is 19.0 Å². The van der Waals surface area contributed by atoms with E-state index in [0.29, 0.717) is 6.41 Å². The summed E-state index contributed by atoms with van der Waals surface area (Å²) in [6.45, 7) is 2.88. The SMILES string of the molecule is COC1=CCC(O)c2c(O)c3c(c(O)c21)C(=O)C1=C(C[C@@](O)(C(C)O)CC1OC1C[C@H](NC=O)C(O)C(C)O1)C3=O. The standard InChI is InChI=1S/C28H33NO12/c1-10-23(33)13(29-9-30)6-17(40-10)41-16-8-28(38,11(2)31)7-12-18(16)25(35)22-21(24(12)34)26(36)19-14(32)4-5-15(39-3)20(19)27(22)37/h5,9-11,13-14,16-17,23,31-33,36-38H,4,6-8H2,1-3H3,(H,29,30)/t10?,11?,13-,14?,16?,17?,23?,28-/m0/s1. The van der Waals surface area contributed by atoms with Gasteiger partial charge >= 0.3 is 0 Å². The number of hydrogen-bond acceptors (Lipinski definition) is 12. The summed E-state index contributed by atoms with van der Waals surface area (Å²) < 4.78 is 17.2. The number of carbonyl (C=O) groups excluding carboxylic acids is 3. The van der Waals surface area contributed by atoms with Crippen LogP contribution in [0.25, 0.3) is 5.76 Å². The van der Waals surface area contributed by atoms with Crippen LogP contribution in [0.4, 0.5) is 0 Å². The number of ketones is 2. The molecule has 0 bridgehead atoms. The smallest absolute Gasteiger partial charge is 0.207 e. The fourth-order valence-electron chi connectivity index (χ4n) is 6.25. The molecule has 0 saturated carbocycles. The number of rotatable bonds is 6. The van der Waals surface area contributed by atoms with Crippen LogP contribution in [0.1, 0.15) is 77.5 Å². The molecule has 1 aromatic rings. The van der Waals surface area contributed by atoms with Crippen LogP contribution in [0.2, 0.25) is 0 Å². The van der Waals surface area contributed by atoms with Crippen LogP contribution in [0.15, 0.2) is 17.2 Å². The second-order valence-corrected chi connectivity index (χ2v) is 11.0. The van der Waals surface area contributed by atoms with Crippen molar-refractivity contribution in [3.05, 3.63) is 39.5 Å². The summed E-state index contributed by atoms with van der Waals surface area (Å²) in [7, 11) is 1.31. The zero-order chi connectivity index (χ0) is 30.0. The zero-order valence-corrected chi connectivity index (χ0v) is 22.7. The van der Waals surface area contributed by atoms with E-state index in [0.717, 1.165) is 0 Å². The topological polar surface area (TPSA) is 212 Å². The Morgan fingerprint density at radius 2 is 1.83 bits per heavy atom. The van der Waals surface area contributed by atoms with Gasteiger partial charge in [-0.05, 0) is 26.3 Å². The number of fused-ring (bicyclic) bond motifs is 2. The molecule has 0 aromatic heterocycles. The monoisotopic (exact) mass is 575 g/mol. The number of Topliss-reactive ketones (excluding diaryl/α,β-unsaturated/α-hetero) is 2. The number of nitrogens with one attached hydrogen (secondary N) is 1. The van der Waals surface area contributed by atoms with Crippen molar-refractivity contribution in [2.75, 3.05) is 7.11 Å². The molecule has 1 aromatic carbocycles. The summed E-state index contributed by atoms with van der Waals surface area (Å²) >= 11 is 0. The molecule has 1 fully saturated rings. The van der Waals surface area contributed by atoms with E-state index in [4.69, 9.17) is 14.2 Å². The fraction of sp³-hybridized carbons (Fsp3) is 0.536. The minimum absolute atomic E-state index is 0.0181. The summed E-state index contributed by atoms with van der Waals surface area (Å²) in [5, 5.41) is 67.8. The van der Waals surface area contributed by atoms with Crippen molar-refractivity contribution in [1.29, 1.82) is 0 Å². The van der Waals surface area contributed by atoms with E-state index in [9.17, 15) is 45.0 Å². The van der Waals surface area contributed by atoms with Crippen LogP contribution < -0.4 is 5.32 Å². The number of carbonyl (C=O) groups is 3. The molecule has 1 saturated heterocycles. The highest BCUT2D eigenvalue weighted by molar-refractivity contribution is 6.30. The van der Waals surface area contributed by atoms with Crippen molar-refractivity contribution < 1.29 is 59.2 Å². The Kier molecular flexibility index (Phi) is 7.47. The summed E-state index contributed by atoms with van der Waals surface area (Å²) in [5.41, 5.74) is -3.67. The summed E-state index contributed by atoms with van der Waals surface area (Å²) in [5.74, 6) is -3.01. The summed E-state index contributed by atoms with van der Waals surface area (Å²) in [6.07, 6.45) is -5.84. The Labute approximate surface area is 234 Å². The average Bonchev–Trinajstić information content (AvgIpc) is 2.91. The molecule has 0 spiro atoms. The molecule has 4 aliphatic rings. The van der Waals surface area contributed by atoms with Crippen molar-refractivity contribution in [1.82, 2.24) is 5.32 Å². The van der Waals surface area contributed by atoms with Crippen LogP contribution in [0.3, 0.4) is 0 Å². The number of phenols is 2. The highest BCUT2D eigenvalue weighted by Crippen LogP contribution is 2.52. The quantitative estimate of drug-likeness (QED) is 0.178. The van der Waals surface area contributed by atoms with Crippen molar-refractivity contribution in [3.63, 3.8) is 0 Å². The number of hydrogen-bond donors (Lipinski definition) is 7. The van der Waals surface area contributed by atoms with E-state index in [1.807, 2.05) is 0 Å². The molecule has 3 aliphatic carbocycles. The Hall–Kier alpha value is -3.33. The average molecular weight is 576 g/mol. The number of methoxy groups -OCH3 is 1. The molecule has 0 radical (unpaired) electrons. The van der Waals surface area contributed by atoms with E-state index in [1.165, 1.54) is 20.1 Å². The lowest BCUT2D eigenvalue weighted by molar-refractivity contribution is -0.244. The van der Waals surface area contributed by atoms with E-state index in [1.54, 1.807) is 6.92 Å². The maximum absolute atomic E-state index is 14.1. The maximum atomic E-state index is 14.1. The molecule has 1 heterocycles. The lowest BCUT2D eigenvalue weighted by Gasteiger charge is -2.44. The van der Waals surface area contributed by atoms with Crippen molar-refractivity contribution >= 4 is 23.7 Å². The third-order valence-electron chi connectivity index (χ3n) is 8.53.